The smallest absolute Gasteiger partial charge is 0.321 e. The Labute approximate surface area is 139 Å². The summed E-state index contributed by atoms with van der Waals surface area (Å²) < 4.78 is 17.1. The molecule has 0 saturated carbocycles. The van der Waals surface area contributed by atoms with Gasteiger partial charge in [-0.15, -0.1) is 0 Å². The van der Waals surface area contributed by atoms with Crippen LogP contribution in [0.1, 0.15) is 25.7 Å². The highest BCUT2D eigenvalue weighted by molar-refractivity contribution is 7.84. The molecule has 0 spiro atoms. The van der Waals surface area contributed by atoms with Crippen molar-refractivity contribution in [1.82, 2.24) is 4.90 Å². The number of hydrogen-bond acceptors (Lipinski definition) is 3. The highest BCUT2D eigenvalue weighted by Crippen LogP contribution is 2.29. The SMILES string of the molecule is C[S@](=O)c1ccc(NC(=O)N2CCC([C@H]3CCCO3)CC2)cc1. The van der Waals surface area contributed by atoms with E-state index in [1.807, 2.05) is 4.90 Å². The minimum absolute atomic E-state index is 0.0545. The van der Waals surface area contributed by atoms with Crippen LogP contribution in [0.4, 0.5) is 10.5 Å². The molecule has 0 unspecified atom stereocenters. The molecule has 2 saturated heterocycles. The molecule has 2 aliphatic rings. The lowest BCUT2D eigenvalue weighted by molar-refractivity contribution is 0.0382. The first-order chi connectivity index (χ1) is 11.1. The van der Waals surface area contributed by atoms with E-state index < -0.39 is 10.8 Å². The summed E-state index contributed by atoms with van der Waals surface area (Å²) in [4.78, 5) is 15.0. The van der Waals surface area contributed by atoms with E-state index in [1.54, 1.807) is 30.5 Å². The monoisotopic (exact) mass is 336 g/mol. The third-order valence-corrected chi connectivity index (χ3v) is 5.69. The highest BCUT2D eigenvalue weighted by atomic mass is 32.2. The van der Waals surface area contributed by atoms with E-state index in [-0.39, 0.29) is 6.03 Å². The van der Waals surface area contributed by atoms with Gasteiger partial charge in [0.15, 0.2) is 0 Å². The number of piperidine rings is 1. The standard InChI is InChI=1S/C17H24N2O3S/c1-23(21)15-6-4-14(5-7-15)18-17(20)19-10-8-13(9-11-19)16-3-2-12-22-16/h4-7,13,16H,2-3,8-12H2,1H3,(H,18,20)/t16-,23+/m1/s1. The number of hydrogen-bond donors (Lipinski definition) is 1. The molecule has 1 aromatic carbocycles. The van der Waals surface area contributed by atoms with Gasteiger partial charge in [-0.1, -0.05) is 0 Å². The number of benzene rings is 1. The predicted molar refractivity (Wildman–Crippen MR) is 91.1 cm³/mol. The average molecular weight is 336 g/mol. The summed E-state index contributed by atoms with van der Waals surface area (Å²) in [6.07, 6.45) is 6.43. The Morgan fingerprint density at radius 1 is 1.22 bits per heavy atom. The molecule has 1 N–H and O–H groups in total. The second-order valence-corrected chi connectivity index (χ2v) is 7.66. The second kappa shape index (κ2) is 7.45. The second-order valence-electron chi connectivity index (χ2n) is 6.28. The summed E-state index contributed by atoms with van der Waals surface area (Å²) in [6.45, 7) is 2.46. The van der Waals surface area contributed by atoms with Crippen LogP contribution in [0.25, 0.3) is 0 Å². The van der Waals surface area contributed by atoms with Gasteiger partial charge in [0.2, 0.25) is 0 Å². The molecule has 5 nitrogen and oxygen atoms in total. The average Bonchev–Trinajstić information content (AvgIpc) is 3.10. The fraction of sp³-hybridized carbons (Fsp3) is 0.588. The Morgan fingerprint density at radius 2 is 1.91 bits per heavy atom. The quantitative estimate of drug-likeness (QED) is 0.923. The Morgan fingerprint density at radius 3 is 2.48 bits per heavy atom. The van der Waals surface area contributed by atoms with E-state index in [9.17, 15) is 9.00 Å². The van der Waals surface area contributed by atoms with Crippen molar-refractivity contribution in [3.8, 4) is 0 Å². The van der Waals surface area contributed by atoms with Crippen LogP contribution < -0.4 is 5.32 Å². The van der Waals surface area contributed by atoms with E-state index in [1.165, 1.54) is 12.8 Å². The fourth-order valence-electron chi connectivity index (χ4n) is 3.38. The van der Waals surface area contributed by atoms with Crippen LogP contribution in [0.3, 0.4) is 0 Å². The summed E-state index contributed by atoms with van der Waals surface area (Å²) in [7, 11) is -0.995. The van der Waals surface area contributed by atoms with Gasteiger partial charge in [-0.25, -0.2) is 4.79 Å². The molecule has 0 bridgehead atoms. The van der Waals surface area contributed by atoms with Crippen molar-refractivity contribution in [1.29, 1.82) is 0 Å². The van der Waals surface area contributed by atoms with Crippen molar-refractivity contribution in [2.75, 3.05) is 31.3 Å². The molecule has 1 aromatic rings. The van der Waals surface area contributed by atoms with E-state index >= 15 is 0 Å². The lowest BCUT2D eigenvalue weighted by atomic mass is 9.90. The first-order valence-corrected chi connectivity index (χ1v) is 9.80. The first kappa shape index (κ1) is 16.5. The number of carbonyl (C=O) groups excluding carboxylic acids is 1. The topological polar surface area (TPSA) is 58.6 Å². The van der Waals surface area contributed by atoms with Gasteiger partial charge in [-0.05, 0) is 55.9 Å². The minimum atomic E-state index is -0.995. The van der Waals surface area contributed by atoms with Crippen molar-refractivity contribution in [3.63, 3.8) is 0 Å². The summed E-state index contributed by atoms with van der Waals surface area (Å²) in [5, 5.41) is 2.92. The largest absolute Gasteiger partial charge is 0.378 e. The number of nitrogens with zero attached hydrogens (tertiary/aromatic N) is 1. The van der Waals surface area contributed by atoms with E-state index in [2.05, 4.69) is 5.32 Å². The van der Waals surface area contributed by atoms with Gasteiger partial charge in [0, 0.05) is 47.3 Å². The maximum absolute atomic E-state index is 12.3. The summed E-state index contributed by atoms with van der Waals surface area (Å²) >= 11 is 0. The van der Waals surface area contributed by atoms with Gasteiger partial charge in [-0.2, -0.15) is 0 Å². The van der Waals surface area contributed by atoms with Gasteiger partial charge in [-0.3, -0.25) is 4.21 Å². The third kappa shape index (κ3) is 4.12. The minimum Gasteiger partial charge on any atom is -0.378 e. The summed E-state index contributed by atoms with van der Waals surface area (Å²) in [5.41, 5.74) is 0.741. The summed E-state index contributed by atoms with van der Waals surface area (Å²) in [6, 6.07) is 7.12. The number of nitrogens with one attached hydrogen (secondary N) is 1. The van der Waals surface area contributed by atoms with Gasteiger partial charge < -0.3 is 15.0 Å². The molecule has 2 aliphatic heterocycles. The van der Waals surface area contributed by atoms with E-state index in [0.29, 0.717) is 12.0 Å². The van der Waals surface area contributed by atoms with Crippen LogP contribution in [0.5, 0.6) is 0 Å². The zero-order valence-corrected chi connectivity index (χ0v) is 14.3. The molecule has 2 amide bonds. The van der Waals surface area contributed by atoms with Crippen LogP contribution in [0.15, 0.2) is 29.2 Å². The molecule has 3 rings (SSSR count). The highest BCUT2D eigenvalue weighted by Gasteiger charge is 2.30. The van der Waals surface area contributed by atoms with Crippen molar-refractivity contribution in [2.24, 2.45) is 5.92 Å². The van der Waals surface area contributed by atoms with Gasteiger partial charge in [0.05, 0.1) is 6.10 Å². The van der Waals surface area contributed by atoms with Crippen molar-refractivity contribution < 1.29 is 13.7 Å². The Bertz CT molecular complexity index is 562. The van der Waals surface area contributed by atoms with Gasteiger partial charge in [0.25, 0.3) is 0 Å². The number of likely N-dealkylation sites (tertiary alicyclic amines) is 1. The molecule has 126 valence electrons. The molecule has 0 radical (unpaired) electrons. The lowest BCUT2D eigenvalue weighted by Gasteiger charge is -2.34. The summed E-state index contributed by atoms with van der Waals surface area (Å²) in [5.74, 6) is 0.598. The predicted octanol–water partition coefficient (Wildman–Crippen LogP) is 2.85. The number of amides is 2. The molecule has 2 atom stereocenters. The zero-order valence-electron chi connectivity index (χ0n) is 13.5. The number of urea groups is 1. The number of ether oxygens (including phenoxy) is 1. The van der Waals surface area contributed by atoms with Crippen LogP contribution in [0, 0.1) is 5.92 Å². The van der Waals surface area contributed by atoms with Crippen molar-refractivity contribution in [3.05, 3.63) is 24.3 Å². The van der Waals surface area contributed by atoms with E-state index in [0.717, 1.165) is 43.1 Å². The maximum Gasteiger partial charge on any atom is 0.321 e. The molecular weight excluding hydrogens is 312 g/mol. The van der Waals surface area contributed by atoms with E-state index in [4.69, 9.17) is 4.74 Å². The Kier molecular flexibility index (Phi) is 5.33. The molecule has 0 aliphatic carbocycles. The van der Waals surface area contributed by atoms with Gasteiger partial charge in [0.1, 0.15) is 0 Å². The maximum atomic E-state index is 12.3. The normalized spacial score (nSPS) is 23.7. The van der Waals surface area contributed by atoms with Crippen LogP contribution in [0.2, 0.25) is 0 Å². The molecule has 6 heteroatoms. The molecule has 23 heavy (non-hydrogen) atoms. The van der Waals surface area contributed by atoms with Crippen LogP contribution >= 0.6 is 0 Å². The molecule has 2 fully saturated rings. The molecule has 0 aromatic heterocycles. The number of anilines is 1. The van der Waals surface area contributed by atoms with Crippen LogP contribution in [-0.4, -0.2) is 47.2 Å². The number of rotatable bonds is 3. The Balaban J connectivity index is 1.50. The molecule has 2 heterocycles. The van der Waals surface area contributed by atoms with Crippen LogP contribution in [-0.2, 0) is 15.5 Å². The van der Waals surface area contributed by atoms with Crippen molar-refractivity contribution >= 4 is 22.5 Å². The van der Waals surface area contributed by atoms with Gasteiger partial charge >= 0.3 is 6.03 Å². The molecular formula is C17H24N2O3S. The van der Waals surface area contributed by atoms with Crippen molar-refractivity contribution in [2.45, 2.75) is 36.7 Å². The zero-order chi connectivity index (χ0) is 16.2. The fourth-order valence-corrected chi connectivity index (χ4v) is 3.90. The lowest BCUT2D eigenvalue weighted by Crippen LogP contribution is -2.43. The first-order valence-electron chi connectivity index (χ1n) is 8.24. The third-order valence-electron chi connectivity index (χ3n) is 4.76. The Hall–Kier alpha value is -1.40. The number of carbonyl (C=O) groups is 1.